The molecule has 1 saturated carbocycles. The summed E-state index contributed by atoms with van der Waals surface area (Å²) in [6.45, 7) is 1.77. The van der Waals surface area contributed by atoms with Crippen LogP contribution in [-0.2, 0) is 0 Å². The highest BCUT2D eigenvalue weighted by atomic mass is 16.2. The molecule has 2 aromatic rings. The fourth-order valence-electron chi connectivity index (χ4n) is 3.31. The van der Waals surface area contributed by atoms with Gasteiger partial charge in [-0.2, -0.15) is 0 Å². The lowest BCUT2D eigenvalue weighted by Gasteiger charge is -2.19. The molecule has 0 unspecified atom stereocenters. The van der Waals surface area contributed by atoms with E-state index in [4.69, 9.17) is 0 Å². The van der Waals surface area contributed by atoms with Crippen molar-refractivity contribution in [1.29, 1.82) is 0 Å². The SMILES string of the molecule is CN1CCC[C@@H]1CNC(=O)Nc1cccc(-c2nnnn2C2CC2)c1. The molecule has 132 valence electrons. The van der Waals surface area contributed by atoms with Crippen molar-refractivity contribution >= 4 is 11.7 Å². The lowest BCUT2D eigenvalue weighted by Crippen LogP contribution is -2.40. The van der Waals surface area contributed by atoms with E-state index in [0.717, 1.165) is 42.9 Å². The third-order valence-electron chi connectivity index (χ3n) is 4.93. The highest BCUT2D eigenvalue weighted by Gasteiger charge is 2.28. The molecule has 1 aromatic carbocycles. The largest absolute Gasteiger partial charge is 0.336 e. The standard InChI is InChI=1S/C17H23N7O/c1-23-9-3-6-15(23)11-18-17(25)19-13-5-2-4-12(10-13)16-20-21-22-24(16)14-7-8-14/h2,4-5,10,14-15H,3,6-9,11H2,1H3,(H2,18,19,25)/t15-/m1/s1. The number of carbonyl (C=O) groups is 1. The maximum Gasteiger partial charge on any atom is 0.319 e. The Kier molecular flexibility index (Phi) is 4.35. The van der Waals surface area contributed by atoms with Gasteiger partial charge in [-0.25, -0.2) is 9.48 Å². The number of urea groups is 1. The number of benzene rings is 1. The summed E-state index contributed by atoms with van der Waals surface area (Å²) in [7, 11) is 2.10. The summed E-state index contributed by atoms with van der Waals surface area (Å²) >= 11 is 0. The predicted octanol–water partition coefficient (Wildman–Crippen LogP) is 1.89. The molecular formula is C17H23N7O. The van der Waals surface area contributed by atoms with Gasteiger partial charge in [-0.3, -0.25) is 0 Å². The number of aromatic nitrogens is 4. The van der Waals surface area contributed by atoms with E-state index in [1.54, 1.807) is 0 Å². The Morgan fingerprint density at radius 1 is 1.32 bits per heavy atom. The van der Waals surface area contributed by atoms with E-state index in [0.29, 0.717) is 18.6 Å². The van der Waals surface area contributed by atoms with Crippen molar-refractivity contribution in [2.45, 2.75) is 37.8 Å². The maximum atomic E-state index is 12.2. The number of carbonyl (C=O) groups excluding carboxylic acids is 1. The molecule has 0 spiro atoms. The van der Waals surface area contributed by atoms with Gasteiger partial charge in [-0.1, -0.05) is 12.1 Å². The average Bonchev–Trinajstić information content (AvgIpc) is 3.18. The molecule has 1 aliphatic carbocycles. The first kappa shape index (κ1) is 16.0. The van der Waals surface area contributed by atoms with E-state index < -0.39 is 0 Å². The van der Waals surface area contributed by atoms with Crippen molar-refractivity contribution in [3.63, 3.8) is 0 Å². The van der Waals surface area contributed by atoms with Crippen molar-refractivity contribution < 1.29 is 4.79 Å². The van der Waals surface area contributed by atoms with Gasteiger partial charge in [-0.05, 0) is 61.8 Å². The van der Waals surface area contributed by atoms with Crippen molar-refractivity contribution in [1.82, 2.24) is 30.4 Å². The number of hydrogen-bond acceptors (Lipinski definition) is 5. The minimum absolute atomic E-state index is 0.181. The zero-order chi connectivity index (χ0) is 17.2. The number of anilines is 1. The molecule has 8 nitrogen and oxygen atoms in total. The molecule has 4 rings (SSSR count). The second-order valence-electron chi connectivity index (χ2n) is 6.87. The zero-order valence-electron chi connectivity index (χ0n) is 14.4. The summed E-state index contributed by atoms with van der Waals surface area (Å²) < 4.78 is 1.87. The van der Waals surface area contributed by atoms with Crippen LogP contribution in [0.25, 0.3) is 11.4 Å². The maximum absolute atomic E-state index is 12.2. The molecule has 2 fully saturated rings. The van der Waals surface area contributed by atoms with Crippen LogP contribution in [0.5, 0.6) is 0 Å². The van der Waals surface area contributed by atoms with E-state index in [9.17, 15) is 4.79 Å². The lowest BCUT2D eigenvalue weighted by atomic mass is 10.2. The van der Waals surface area contributed by atoms with Crippen LogP contribution in [0.3, 0.4) is 0 Å². The number of likely N-dealkylation sites (tertiary alicyclic amines) is 1. The fraction of sp³-hybridized carbons (Fsp3) is 0.529. The molecule has 1 atom stereocenters. The summed E-state index contributed by atoms with van der Waals surface area (Å²) in [5, 5.41) is 17.9. The van der Waals surface area contributed by atoms with E-state index >= 15 is 0 Å². The molecule has 2 aliphatic rings. The predicted molar refractivity (Wildman–Crippen MR) is 94.2 cm³/mol. The zero-order valence-corrected chi connectivity index (χ0v) is 14.4. The molecule has 1 aromatic heterocycles. The molecule has 2 amide bonds. The molecule has 1 saturated heterocycles. The summed E-state index contributed by atoms with van der Waals surface area (Å²) in [5.41, 5.74) is 1.64. The number of rotatable bonds is 5. The molecule has 8 heteroatoms. The van der Waals surface area contributed by atoms with Gasteiger partial charge in [0.25, 0.3) is 0 Å². The number of likely N-dealkylation sites (N-methyl/N-ethyl adjacent to an activating group) is 1. The Balaban J connectivity index is 1.39. The van der Waals surface area contributed by atoms with Crippen molar-refractivity contribution in [3.8, 4) is 11.4 Å². The number of tetrazole rings is 1. The lowest BCUT2D eigenvalue weighted by molar-refractivity contribution is 0.245. The second-order valence-corrected chi connectivity index (χ2v) is 6.87. The third-order valence-corrected chi connectivity index (χ3v) is 4.93. The molecule has 25 heavy (non-hydrogen) atoms. The Labute approximate surface area is 146 Å². The van der Waals surface area contributed by atoms with Crippen LogP contribution in [0, 0.1) is 0 Å². The monoisotopic (exact) mass is 341 g/mol. The molecule has 0 bridgehead atoms. The van der Waals surface area contributed by atoms with Crippen molar-refractivity contribution in [3.05, 3.63) is 24.3 Å². The van der Waals surface area contributed by atoms with Gasteiger partial charge in [0.15, 0.2) is 5.82 Å². The van der Waals surface area contributed by atoms with E-state index in [-0.39, 0.29) is 6.03 Å². The topological polar surface area (TPSA) is 88.0 Å². The molecule has 2 heterocycles. The highest BCUT2D eigenvalue weighted by Crippen LogP contribution is 2.36. The van der Waals surface area contributed by atoms with Crippen LogP contribution in [0.4, 0.5) is 10.5 Å². The van der Waals surface area contributed by atoms with Crippen LogP contribution in [0.2, 0.25) is 0 Å². The van der Waals surface area contributed by atoms with Crippen LogP contribution in [0.1, 0.15) is 31.7 Å². The smallest absolute Gasteiger partial charge is 0.319 e. The van der Waals surface area contributed by atoms with Gasteiger partial charge in [0.1, 0.15) is 0 Å². The van der Waals surface area contributed by atoms with E-state index in [1.165, 1.54) is 6.42 Å². The first-order valence-electron chi connectivity index (χ1n) is 8.84. The Morgan fingerprint density at radius 3 is 2.96 bits per heavy atom. The van der Waals surface area contributed by atoms with Gasteiger partial charge < -0.3 is 15.5 Å². The molecule has 2 N–H and O–H groups in total. The summed E-state index contributed by atoms with van der Waals surface area (Å²) in [4.78, 5) is 14.5. The Morgan fingerprint density at radius 2 is 2.20 bits per heavy atom. The highest BCUT2D eigenvalue weighted by molar-refractivity contribution is 5.89. The minimum atomic E-state index is -0.181. The van der Waals surface area contributed by atoms with Gasteiger partial charge >= 0.3 is 6.03 Å². The summed E-state index contributed by atoms with van der Waals surface area (Å²) in [6.07, 6.45) is 4.57. The summed E-state index contributed by atoms with van der Waals surface area (Å²) in [6, 6.07) is 8.30. The minimum Gasteiger partial charge on any atom is -0.336 e. The third kappa shape index (κ3) is 3.63. The first-order valence-corrected chi connectivity index (χ1v) is 8.84. The number of hydrogen-bond donors (Lipinski definition) is 2. The molecule has 1 aliphatic heterocycles. The van der Waals surface area contributed by atoms with Crippen molar-refractivity contribution in [2.24, 2.45) is 0 Å². The quantitative estimate of drug-likeness (QED) is 0.867. The van der Waals surface area contributed by atoms with Gasteiger partial charge in [-0.15, -0.1) is 5.10 Å². The fourth-order valence-corrected chi connectivity index (χ4v) is 3.31. The number of nitrogens with zero attached hydrogens (tertiary/aromatic N) is 5. The van der Waals surface area contributed by atoms with Gasteiger partial charge in [0.2, 0.25) is 0 Å². The van der Waals surface area contributed by atoms with Crippen LogP contribution in [-0.4, -0.2) is 57.3 Å². The van der Waals surface area contributed by atoms with Crippen molar-refractivity contribution in [2.75, 3.05) is 25.5 Å². The van der Waals surface area contributed by atoms with Gasteiger partial charge in [0.05, 0.1) is 6.04 Å². The van der Waals surface area contributed by atoms with E-state index in [1.807, 2.05) is 28.9 Å². The molecule has 0 radical (unpaired) electrons. The summed E-state index contributed by atoms with van der Waals surface area (Å²) in [5.74, 6) is 0.749. The Bertz CT molecular complexity index is 755. The second kappa shape index (κ2) is 6.79. The average molecular weight is 341 g/mol. The van der Waals surface area contributed by atoms with Crippen LogP contribution in [0.15, 0.2) is 24.3 Å². The van der Waals surface area contributed by atoms with E-state index in [2.05, 4.69) is 38.1 Å². The van der Waals surface area contributed by atoms with Crippen LogP contribution < -0.4 is 10.6 Å². The first-order chi connectivity index (χ1) is 12.2. The number of nitrogens with one attached hydrogen (secondary N) is 2. The molecular weight excluding hydrogens is 318 g/mol. The Hall–Kier alpha value is -2.48. The van der Waals surface area contributed by atoms with Gasteiger partial charge in [0, 0.05) is 23.8 Å². The number of amides is 2. The van der Waals surface area contributed by atoms with Crippen LogP contribution >= 0.6 is 0 Å². The normalized spacial score (nSPS) is 20.6.